The Balaban J connectivity index is 1.98. The normalized spacial score (nSPS) is 11.3. The quantitative estimate of drug-likeness (QED) is 0.391. The number of hydrogen-bond acceptors (Lipinski definition) is 8. The van der Waals surface area contributed by atoms with Crippen molar-refractivity contribution in [3.05, 3.63) is 59.7 Å². The van der Waals surface area contributed by atoms with Gasteiger partial charge in [0.15, 0.2) is 0 Å². The van der Waals surface area contributed by atoms with Crippen LogP contribution in [0.25, 0.3) is 0 Å². The standard InChI is InChI=1S/C10H8N7O4P/c18-17(19)9-1-3-10(4-2-9)21-22(20,15-7-11-5-13-15)16-8-12-6-14-16/h1-8H. The van der Waals surface area contributed by atoms with Crippen LogP contribution in [-0.2, 0) is 4.57 Å². The van der Waals surface area contributed by atoms with E-state index in [1.165, 1.54) is 49.6 Å². The topological polar surface area (TPSA) is 131 Å². The van der Waals surface area contributed by atoms with Crippen LogP contribution in [0, 0.1) is 10.1 Å². The van der Waals surface area contributed by atoms with Crippen molar-refractivity contribution in [2.24, 2.45) is 0 Å². The number of nitro benzene ring substituents is 1. The van der Waals surface area contributed by atoms with Crippen molar-refractivity contribution in [1.82, 2.24) is 29.1 Å². The molecule has 0 N–H and O–H groups in total. The Morgan fingerprint density at radius 1 is 1.05 bits per heavy atom. The van der Waals surface area contributed by atoms with E-state index in [4.69, 9.17) is 4.52 Å². The molecule has 0 saturated heterocycles. The van der Waals surface area contributed by atoms with Crippen molar-refractivity contribution in [2.45, 2.75) is 0 Å². The number of nitro groups is 1. The number of non-ortho nitro benzene ring substituents is 1. The highest BCUT2D eigenvalue weighted by Gasteiger charge is 2.32. The Bertz CT molecular complexity index is 777. The van der Waals surface area contributed by atoms with Crippen molar-refractivity contribution in [1.29, 1.82) is 0 Å². The molecule has 11 nitrogen and oxygen atoms in total. The van der Waals surface area contributed by atoms with Gasteiger partial charge in [-0.1, -0.05) is 0 Å². The smallest absolute Gasteiger partial charge is 0.412 e. The van der Waals surface area contributed by atoms with Crippen LogP contribution in [-0.4, -0.2) is 34.0 Å². The first-order chi connectivity index (χ1) is 10.6. The molecular weight excluding hydrogens is 313 g/mol. The molecule has 2 aromatic heterocycles. The molecule has 0 aliphatic heterocycles. The summed E-state index contributed by atoms with van der Waals surface area (Å²) in [5, 5.41) is 18.2. The summed E-state index contributed by atoms with van der Waals surface area (Å²) in [6, 6.07) is 5.14. The van der Waals surface area contributed by atoms with Gasteiger partial charge < -0.3 is 4.52 Å². The molecule has 0 radical (unpaired) electrons. The molecule has 12 heteroatoms. The van der Waals surface area contributed by atoms with Gasteiger partial charge in [0, 0.05) is 12.1 Å². The van der Waals surface area contributed by atoms with Crippen LogP contribution in [0.4, 0.5) is 5.69 Å². The average Bonchev–Trinajstić information content (AvgIpc) is 3.21. The Morgan fingerprint density at radius 3 is 2.00 bits per heavy atom. The lowest BCUT2D eigenvalue weighted by molar-refractivity contribution is -0.384. The average molecular weight is 321 g/mol. The largest absolute Gasteiger partial charge is 0.491 e. The first kappa shape index (κ1) is 13.9. The van der Waals surface area contributed by atoms with Crippen LogP contribution in [0.3, 0.4) is 0 Å². The fourth-order valence-corrected chi connectivity index (χ4v) is 3.09. The van der Waals surface area contributed by atoms with Gasteiger partial charge in [0.05, 0.1) is 4.92 Å². The van der Waals surface area contributed by atoms with Crippen molar-refractivity contribution < 1.29 is 14.0 Å². The first-order valence-corrected chi connectivity index (χ1v) is 7.38. The van der Waals surface area contributed by atoms with Gasteiger partial charge in [0.2, 0.25) is 0 Å². The highest BCUT2D eigenvalue weighted by molar-refractivity contribution is 7.55. The van der Waals surface area contributed by atoms with Gasteiger partial charge >= 0.3 is 7.67 Å². The molecule has 0 unspecified atom stereocenters. The molecule has 22 heavy (non-hydrogen) atoms. The second kappa shape index (κ2) is 5.37. The van der Waals surface area contributed by atoms with Crippen molar-refractivity contribution in [2.75, 3.05) is 0 Å². The van der Waals surface area contributed by atoms with Gasteiger partial charge in [-0.05, 0) is 12.1 Å². The van der Waals surface area contributed by atoms with E-state index >= 15 is 0 Å². The summed E-state index contributed by atoms with van der Waals surface area (Å²) in [6.07, 6.45) is 4.83. The van der Waals surface area contributed by atoms with Gasteiger partial charge in [-0.2, -0.15) is 0 Å². The third kappa shape index (κ3) is 2.44. The summed E-state index contributed by atoms with van der Waals surface area (Å²) in [4.78, 5) is 17.5. The summed E-state index contributed by atoms with van der Waals surface area (Å²) < 4.78 is 20.6. The molecule has 112 valence electrons. The van der Waals surface area contributed by atoms with E-state index in [9.17, 15) is 14.7 Å². The van der Waals surface area contributed by atoms with E-state index in [1.807, 2.05) is 0 Å². The van der Waals surface area contributed by atoms with Gasteiger partial charge in [-0.3, -0.25) is 10.1 Å². The van der Waals surface area contributed by atoms with Gasteiger partial charge in [-0.15, -0.1) is 19.1 Å². The summed E-state index contributed by atoms with van der Waals surface area (Å²) in [7, 11) is -3.77. The number of hydrogen-bond donors (Lipinski definition) is 0. The zero-order valence-electron chi connectivity index (χ0n) is 10.8. The lowest BCUT2D eigenvalue weighted by Crippen LogP contribution is -2.12. The predicted octanol–water partition coefficient (Wildman–Crippen LogP) is 1.36. The molecule has 0 aliphatic rings. The highest BCUT2D eigenvalue weighted by Crippen LogP contribution is 2.47. The Kier molecular flexibility index (Phi) is 3.39. The molecular formula is C10H8N7O4P. The maximum Gasteiger partial charge on any atom is 0.491 e. The van der Waals surface area contributed by atoms with Gasteiger partial charge in [0.1, 0.15) is 31.1 Å². The molecule has 0 amide bonds. The number of nitrogens with zero attached hydrogens (tertiary/aromatic N) is 7. The third-order valence-corrected chi connectivity index (χ3v) is 4.50. The lowest BCUT2D eigenvalue weighted by Gasteiger charge is -2.17. The van der Waals surface area contributed by atoms with Crippen molar-refractivity contribution in [3.63, 3.8) is 0 Å². The lowest BCUT2D eigenvalue weighted by atomic mass is 10.3. The molecule has 0 fully saturated rings. The molecule has 3 rings (SSSR count). The number of aromatic nitrogens is 6. The van der Waals surface area contributed by atoms with Crippen LogP contribution in [0.5, 0.6) is 5.75 Å². The predicted molar refractivity (Wildman–Crippen MR) is 72.2 cm³/mol. The first-order valence-electron chi connectivity index (χ1n) is 5.84. The van der Waals surface area contributed by atoms with E-state index in [2.05, 4.69) is 20.2 Å². The summed E-state index contributed by atoms with van der Waals surface area (Å²) >= 11 is 0. The van der Waals surface area contributed by atoms with Crippen LogP contribution >= 0.6 is 7.67 Å². The van der Waals surface area contributed by atoms with Crippen LogP contribution in [0.2, 0.25) is 0 Å². The second-order valence-electron chi connectivity index (χ2n) is 3.96. The maximum absolute atomic E-state index is 13.1. The Hall–Kier alpha value is -3.07. The summed E-state index contributed by atoms with van der Waals surface area (Å²) in [6.45, 7) is 0. The number of benzene rings is 1. The van der Waals surface area contributed by atoms with Crippen LogP contribution in [0.15, 0.2) is 49.6 Å². The van der Waals surface area contributed by atoms with Crippen LogP contribution < -0.4 is 4.52 Å². The molecule has 0 bridgehead atoms. The minimum absolute atomic E-state index is 0.108. The molecule has 0 aliphatic carbocycles. The van der Waals surface area contributed by atoms with Gasteiger partial charge in [-0.25, -0.2) is 14.5 Å². The maximum atomic E-state index is 13.1. The third-order valence-electron chi connectivity index (χ3n) is 2.60. The molecule has 3 aromatic rings. The monoisotopic (exact) mass is 321 g/mol. The fraction of sp³-hybridized carbons (Fsp3) is 0. The molecule has 1 aromatic carbocycles. The molecule has 0 atom stereocenters. The van der Waals surface area contributed by atoms with Gasteiger partial charge in [0.25, 0.3) is 5.69 Å². The van der Waals surface area contributed by atoms with E-state index < -0.39 is 12.6 Å². The molecule has 0 saturated carbocycles. The Labute approximate surface area is 122 Å². The second-order valence-corrected chi connectivity index (χ2v) is 5.95. The van der Waals surface area contributed by atoms with Crippen molar-refractivity contribution in [3.8, 4) is 5.75 Å². The zero-order chi connectivity index (χ0) is 15.6. The zero-order valence-corrected chi connectivity index (χ0v) is 11.7. The van der Waals surface area contributed by atoms with E-state index in [-0.39, 0.29) is 11.4 Å². The summed E-state index contributed by atoms with van der Waals surface area (Å²) in [5.74, 6) is 0.153. The SMILES string of the molecule is O=[N+]([O-])c1ccc(OP(=O)(n2cncn2)n2cncn2)cc1. The van der Waals surface area contributed by atoms with Crippen molar-refractivity contribution >= 4 is 13.4 Å². The minimum atomic E-state index is -3.77. The Morgan fingerprint density at radius 2 is 1.59 bits per heavy atom. The highest BCUT2D eigenvalue weighted by atomic mass is 31.2. The fourth-order valence-electron chi connectivity index (χ4n) is 1.61. The minimum Gasteiger partial charge on any atom is -0.412 e. The van der Waals surface area contributed by atoms with Crippen LogP contribution in [0.1, 0.15) is 0 Å². The van der Waals surface area contributed by atoms with E-state index in [1.54, 1.807) is 0 Å². The molecule has 0 spiro atoms. The molecule has 2 heterocycles. The van der Waals surface area contributed by atoms with E-state index in [0.29, 0.717) is 0 Å². The number of rotatable bonds is 5. The van der Waals surface area contributed by atoms with E-state index in [0.717, 1.165) is 8.90 Å². The summed E-state index contributed by atoms with van der Waals surface area (Å²) in [5.41, 5.74) is -0.108.